The molecule has 7 nitrogen and oxygen atoms in total. The van der Waals surface area contributed by atoms with Gasteiger partial charge in [0.2, 0.25) is 0 Å². The summed E-state index contributed by atoms with van der Waals surface area (Å²) in [5.41, 5.74) is 0. The summed E-state index contributed by atoms with van der Waals surface area (Å²) < 4.78 is 12.5. The van der Waals surface area contributed by atoms with E-state index >= 15 is 0 Å². The second kappa shape index (κ2) is 12.7. The number of nitrogens with zero attached hydrogens (tertiary/aromatic N) is 3. The molecule has 7 heteroatoms. The van der Waals surface area contributed by atoms with Gasteiger partial charge < -0.3 is 19.9 Å². The van der Waals surface area contributed by atoms with Crippen LogP contribution in [0, 0.1) is 0 Å². The number of nitrogens with one attached hydrogen (secondary N) is 1. The lowest BCUT2D eigenvalue weighted by Crippen LogP contribution is -2.31. The highest BCUT2D eigenvalue weighted by Crippen LogP contribution is 1.90. The van der Waals surface area contributed by atoms with Gasteiger partial charge in [0.05, 0.1) is 32.1 Å². The number of aliphatic hydroxyl groups is 1. The van der Waals surface area contributed by atoms with Crippen molar-refractivity contribution in [2.75, 3.05) is 39.5 Å². The molecule has 21 heavy (non-hydrogen) atoms. The van der Waals surface area contributed by atoms with Crippen LogP contribution in [-0.4, -0.2) is 65.7 Å². The van der Waals surface area contributed by atoms with Gasteiger partial charge in [0, 0.05) is 25.9 Å². The number of aromatic nitrogens is 3. The summed E-state index contributed by atoms with van der Waals surface area (Å²) in [7, 11) is 0. The number of unbranched alkanes of at least 4 members (excludes halogenated alkanes) is 1. The van der Waals surface area contributed by atoms with E-state index in [0.717, 1.165) is 39.0 Å². The fourth-order valence-corrected chi connectivity index (χ4v) is 1.73. The number of aryl methyl sites for hydroxylation is 1. The minimum absolute atomic E-state index is 0.340. The maximum absolute atomic E-state index is 9.72. The molecule has 0 aromatic carbocycles. The predicted molar refractivity (Wildman–Crippen MR) is 80.1 cm³/mol. The molecule has 2 N–H and O–H groups in total. The van der Waals surface area contributed by atoms with Gasteiger partial charge in [-0.3, -0.25) is 4.68 Å². The Morgan fingerprint density at radius 1 is 1.24 bits per heavy atom. The molecule has 0 spiro atoms. The zero-order valence-electron chi connectivity index (χ0n) is 12.9. The van der Waals surface area contributed by atoms with Crippen molar-refractivity contribution in [3.05, 3.63) is 12.4 Å². The number of rotatable bonds is 14. The fraction of sp³-hybridized carbons (Fsp3) is 0.857. The summed E-state index contributed by atoms with van der Waals surface area (Å²) in [5, 5.41) is 20.5. The first-order valence-corrected chi connectivity index (χ1v) is 7.71. The molecule has 0 saturated heterocycles. The molecule has 0 radical (unpaired) electrons. The quantitative estimate of drug-likeness (QED) is 0.486. The highest BCUT2D eigenvalue weighted by Gasteiger charge is 2.03. The molecule has 0 saturated carbocycles. The van der Waals surface area contributed by atoms with Crippen LogP contribution >= 0.6 is 0 Å². The van der Waals surface area contributed by atoms with Gasteiger partial charge in [0.1, 0.15) is 0 Å². The van der Waals surface area contributed by atoms with Gasteiger partial charge in [-0.05, 0) is 19.4 Å². The predicted octanol–water partition coefficient (Wildman–Crippen LogP) is 0.452. The zero-order valence-corrected chi connectivity index (χ0v) is 12.9. The average molecular weight is 300 g/mol. The lowest BCUT2D eigenvalue weighted by molar-refractivity contribution is 0.00395. The Morgan fingerprint density at radius 3 is 2.86 bits per heavy atom. The monoisotopic (exact) mass is 300 g/mol. The lowest BCUT2D eigenvalue weighted by atomic mass is 10.3. The SMILES string of the molecule is CCCCOCCOCC(O)CNCCCn1ccnn1. The van der Waals surface area contributed by atoms with E-state index in [2.05, 4.69) is 22.6 Å². The van der Waals surface area contributed by atoms with Gasteiger partial charge in [-0.25, -0.2) is 0 Å². The summed E-state index contributed by atoms with van der Waals surface area (Å²) >= 11 is 0. The molecule has 1 atom stereocenters. The van der Waals surface area contributed by atoms with Gasteiger partial charge in [0.25, 0.3) is 0 Å². The Labute approximate surface area is 126 Å². The van der Waals surface area contributed by atoms with Crippen LogP contribution in [0.3, 0.4) is 0 Å². The number of hydrogen-bond acceptors (Lipinski definition) is 6. The Kier molecular flexibility index (Phi) is 10.9. The van der Waals surface area contributed by atoms with Gasteiger partial charge >= 0.3 is 0 Å². The van der Waals surface area contributed by atoms with E-state index in [1.807, 2.05) is 6.20 Å². The van der Waals surface area contributed by atoms with Crippen molar-refractivity contribution in [1.82, 2.24) is 20.3 Å². The Hall–Kier alpha value is -1.02. The third-order valence-corrected chi connectivity index (χ3v) is 2.92. The highest BCUT2D eigenvalue weighted by molar-refractivity contribution is 4.64. The molecule has 0 aliphatic heterocycles. The molecule has 1 aromatic rings. The van der Waals surface area contributed by atoms with Gasteiger partial charge in [-0.15, -0.1) is 5.10 Å². The number of aliphatic hydroxyl groups excluding tert-OH is 1. The molecule has 1 aromatic heterocycles. The topological polar surface area (TPSA) is 81.4 Å². The van der Waals surface area contributed by atoms with Gasteiger partial charge in [-0.1, -0.05) is 18.6 Å². The molecule has 1 heterocycles. The molecular formula is C14H28N4O3. The third-order valence-electron chi connectivity index (χ3n) is 2.92. The molecule has 0 bridgehead atoms. The van der Waals surface area contributed by atoms with E-state index in [1.165, 1.54) is 0 Å². The van der Waals surface area contributed by atoms with Gasteiger partial charge in [0.15, 0.2) is 0 Å². The summed E-state index contributed by atoms with van der Waals surface area (Å²) in [6.45, 7) is 6.59. The minimum Gasteiger partial charge on any atom is -0.389 e. The third kappa shape index (κ3) is 10.4. The van der Waals surface area contributed by atoms with E-state index in [4.69, 9.17) is 9.47 Å². The standard InChI is InChI=1S/C14H28N4O3/c1-2-3-9-20-10-11-21-13-14(19)12-15-5-4-7-18-8-6-16-17-18/h6,8,14-15,19H,2-5,7,9-13H2,1H3. The van der Waals surface area contributed by atoms with Crippen LogP contribution in [0.25, 0.3) is 0 Å². The Bertz CT molecular complexity index is 322. The Balaban J connectivity index is 1.82. The lowest BCUT2D eigenvalue weighted by Gasteiger charge is -2.12. The van der Waals surface area contributed by atoms with E-state index in [-0.39, 0.29) is 0 Å². The summed E-state index contributed by atoms with van der Waals surface area (Å²) in [5.74, 6) is 0. The normalized spacial score (nSPS) is 12.7. The largest absolute Gasteiger partial charge is 0.389 e. The first kappa shape index (κ1) is 18.0. The van der Waals surface area contributed by atoms with Crippen LogP contribution in [0.1, 0.15) is 26.2 Å². The smallest absolute Gasteiger partial charge is 0.0897 e. The second-order valence-electron chi connectivity index (χ2n) is 4.92. The maximum Gasteiger partial charge on any atom is 0.0897 e. The van der Waals surface area contributed by atoms with Crippen LogP contribution in [-0.2, 0) is 16.0 Å². The number of hydrogen-bond donors (Lipinski definition) is 2. The van der Waals surface area contributed by atoms with Crippen molar-refractivity contribution in [2.45, 2.75) is 38.8 Å². The number of ether oxygens (including phenoxy) is 2. The zero-order chi connectivity index (χ0) is 15.2. The summed E-state index contributed by atoms with van der Waals surface area (Å²) in [4.78, 5) is 0. The van der Waals surface area contributed by atoms with Crippen molar-refractivity contribution in [1.29, 1.82) is 0 Å². The van der Waals surface area contributed by atoms with Crippen molar-refractivity contribution >= 4 is 0 Å². The van der Waals surface area contributed by atoms with Crippen LogP contribution < -0.4 is 5.32 Å². The van der Waals surface area contributed by atoms with Crippen molar-refractivity contribution in [3.63, 3.8) is 0 Å². The van der Waals surface area contributed by atoms with Crippen molar-refractivity contribution in [2.24, 2.45) is 0 Å². The van der Waals surface area contributed by atoms with Crippen molar-refractivity contribution in [3.8, 4) is 0 Å². The Morgan fingerprint density at radius 2 is 2.10 bits per heavy atom. The summed E-state index contributed by atoms with van der Waals surface area (Å²) in [6.07, 6.45) is 6.20. The van der Waals surface area contributed by atoms with Crippen LogP contribution in [0.2, 0.25) is 0 Å². The fourth-order valence-electron chi connectivity index (χ4n) is 1.73. The van der Waals surface area contributed by atoms with E-state index < -0.39 is 6.10 Å². The van der Waals surface area contributed by atoms with Gasteiger partial charge in [-0.2, -0.15) is 0 Å². The van der Waals surface area contributed by atoms with E-state index in [1.54, 1.807) is 10.9 Å². The minimum atomic E-state index is -0.480. The molecule has 122 valence electrons. The molecule has 0 aliphatic rings. The second-order valence-corrected chi connectivity index (χ2v) is 4.92. The molecular weight excluding hydrogens is 272 g/mol. The van der Waals surface area contributed by atoms with Crippen LogP contribution in [0.15, 0.2) is 12.4 Å². The maximum atomic E-state index is 9.72. The first-order valence-electron chi connectivity index (χ1n) is 7.71. The molecule has 1 rings (SSSR count). The van der Waals surface area contributed by atoms with E-state index in [9.17, 15) is 5.11 Å². The summed E-state index contributed by atoms with van der Waals surface area (Å²) in [6, 6.07) is 0. The van der Waals surface area contributed by atoms with Crippen LogP contribution in [0.4, 0.5) is 0 Å². The molecule has 1 unspecified atom stereocenters. The average Bonchev–Trinajstić information content (AvgIpc) is 2.99. The first-order chi connectivity index (χ1) is 10.3. The molecule has 0 fully saturated rings. The van der Waals surface area contributed by atoms with E-state index in [0.29, 0.717) is 26.4 Å². The highest BCUT2D eigenvalue weighted by atomic mass is 16.5. The van der Waals surface area contributed by atoms with Crippen molar-refractivity contribution < 1.29 is 14.6 Å². The molecule has 0 amide bonds. The molecule has 0 aliphatic carbocycles. The van der Waals surface area contributed by atoms with Crippen LogP contribution in [0.5, 0.6) is 0 Å².